The summed E-state index contributed by atoms with van der Waals surface area (Å²) < 4.78 is 15.9. The molecule has 0 aliphatic rings. The van der Waals surface area contributed by atoms with Crippen molar-refractivity contribution in [1.82, 2.24) is 0 Å². The van der Waals surface area contributed by atoms with Crippen molar-refractivity contribution < 1.29 is 13.9 Å². The maximum absolute atomic E-state index is 5.93. The molecule has 0 fully saturated rings. The van der Waals surface area contributed by atoms with Gasteiger partial charge in [0.25, 0.3) is 8.32 Å². The van der Waals surface area contributed by atoms with Crippen molar-refractivity contribution >= 4 is 8.32 Å². The van der Waals surface area contributed by atoms with E-state index in [0.717, 1.165) is 18.1 Å². The van der Waals surface area contributed by atoms with E-state index in [9.17, 15) is 0 Å². The topological polar surface area (TPSA) is 27.7 Å². The van der Waals surface area contributed by atoms with Gasteiger partial charge in [0.05, 0.1) is 14.2 Å². The minimum absolute atomic E-state index is 0.504. The van der Waals surface area contributed by atoms with E-state index in [2.05, 4.69) is 20.8 Å². The van der Waals surface area contributed by atoms with Gasteiger partial charge >= 0.3 is 5.95 Å². The molecule has 0 radical (unpaired) electrons. The van der Waals surface area contributed by atoms with Crippen molar-refractivity contribution in [2.45, 2.75) is 38.9 Å². The summed E-state index contributed by atoms with van der Waals surface area (Å²) in [6, 6.07) is 3.30. The molecule has 0 aromatic carbocycles. The summed E-state index contributed by atoms with van der Waals surface area (Å²) in [6.07, 6.45) is 1.52. The molecule has 0 aliphatic heterocycles. The lowest BCUT2D eigenvalue weighted by atomic mass is 10.9. The first-order valence-electron chi connectivity index (χ1n) is 5.14. The largest absolute Gasteiger partial charge is 0.517 e. The summed E-state index contributed by atoms with van der Waals surface area (Å²) in [5, 5.41) is 0. The number of hydrogen-bond acceptors (Lipinski definition) is 3. The Hall–Kier alpha value is -0.643. The summed E-state index contributed by atoms with van der Waals surface area (Å²) in [4.78, 5) is 0. The molecule has 0 bridgehead atoms. The standard InChI is InChI=1S/C10H22O3Si/c1-6-14(7-2,8-3)13-10(12-5)9-11-4/h9H,6-8H2,1-5H3. The van der Waals surface area contributed by atoms with Crippen molar-refractivity contribution in [3.8, 4) is 0 Å². The van der Waals surface area contributed by atoms with Crippen molar-refractivity contribution in [2.24, 2.45) is 0 Å². The molecular formula is C10H22O3Si. The lowest BCUT2D eigenvalue weighted by molar-refractivity contribution is 0.123. The van der Waals surface area contributed by atoms with Gasteiger partial charge in [-0.1, -0.05) is 20.8 Å². The van der Waals surface area contributed by atoms with Crippen LogP contribution in [-0.4, -0.2) is 22.5 Å². The fourth-order valence-electron chi connectivity index (χ4n) is 1.39. The van der Waals surface area contributed by atoms with Crippen LogP contribution in [0.15, 0.2) is 12.2 Å². The van der Waals surface area contributed by atoms with Gasteiger partial charge in [0.15, 0.2) is 6.26 Å². The van der Waals surface area contributed by atoms with E-state index in [0.29, 0.717) is 5.95 Å². The average molecular weight is 218 g/mol. The van der Waals surface area contributed by atoms with Crippen LogP contribution in [0.3, 0.4) is 0 Å². The van der Waals surface area contributed by atoms with Crippen LogP contribution in [0, 0.1) is 0 Å². The highest BCUT2D eigenvalue weighted by Crippen LogP contribution is 2.24. The lowest BCUT2D eigenvalue weighted by Gasteiger charge is -2.28. The summed E-state index contributed by atoms with van der Waals surface area (Å²) in [5.74, 6) is 0.504. The van der Waals surface area contributed by atoms with E-state index in [-0.39, 0.29) is 0 Å². The fraction of sp³-hybridized carbons (Fsp3) is 0.800. The van der Waals surface area contributed by atoms with Gasteiger partial charge in [0.2, 0.25) is 0 Å². The van der Waals surface area contributed by atoms with Gasteiger partial charge in [-0.3, -0.25) is 0 Å². The Morgan fingerprint density at radius 3 is 1.86 bits per heavy atom. The molecule has 0 saturated carbocycles. The zero-order chi connectivity index (χ0) is 11.0. The summed E-state index contributed by atoms with van der Waals surface area (Å²) in [5.41, 5.74) is 0. The first-order chi connectivity index (χ1) is 6.67. The van der Waals surface area contributed by atoms with Crippen LogP contribution in [0.2, 0.25) is 18.1 Å². The number of ether oxygens (including phenoxy) is 2. The predicted octanol–water partition coefficient (Wildman–Crippen LogP) is 3.10. The molecule has 0 aromatic heterocycles. The van der Waals surface area contributed by atoms with Crippen LogP contribution in [-0.2, 0) is 13.9 Å². The second kappa shape index (κ2) is 6.76. The molecule has 0 saturated heterocycles. The van der Waals surface area contributed by atoms with Crippen LogP contribution in [0.25, 0.3) is 0 Å². The first-order valence-corrected chi connectivity index (χ1v) is 7.66. The zero-order valence-electron chi connectivity index (χ0n) is 9.92. The second-order valence-electron chi connectivity index (χ2n) is 3.22. The molecule has 84 valence electrons. The van der Waals surface area contributed by atoms with Crippen molar-refractivity contribution in [1.29, 1.82) is 0 Å². The maximum Gasteiger partial charge on any atom is 0.301 e. The minimum Gasteiger partial charge on any atom is -0.517 e. The molecule has 0 aliphatic carbocycles. The second-order valence-corrected chi connectivity index (χ2v) is 7.91. The third kappa shape index (κ3) is 3.62. The Morgan fingerprint density at radius 2 is 1.57 bits per heavy atom. The molecular weight excluding hydrogens is 196 g/mol. The van der Waals surface area contributed by atoms with Gasteiger partial charge in [-0.05, 0) is 18.1 Å². The van der Waals surface area contributed by atoms with Gasteiger partial charge in [-0.2, -0.15) is 0 Å². The highest BCUT2D eigenvalue weighted by molar-refractivity contribution is 6.73. The van der Waals surface area contributed by atoms with Gasteiger partial charge < -0.3 is 13.9 Å². The smallest absolute Gasteiger partial charge is 0.301 e. The number of hydrogen-bond donors (Lipinski definition) is 0. The molecule has 14 heavy (non-hydrogen) atoms. The van der Waals surface area contributed by atoms with Crippen LogP contribution in [0.4, 0.5) is 0 Å². The Bertz CT molecular complexity index is 168. The van der Waals surface area contributed by atoms with Crippen LogP contribution in [0.1, 0.15) is 20.8 Å². The minimum atomic E-state index is -1.61. The molecule has 0 heterocycles. The molecule has 0 rings (SSSR count). The maximum atomic E-state index is 5.93. The third-order valence-corrected chi connectivity index (χ3v) is 7.17. The lowest BCUT2D eigenvalue weighted by Crippen LogP contribution is -2.35. The number of methoxy groups -OCH3 is 2. The van der Waals surface area contributed by atoms with Crippen LogP contribution in [0.5, 0.6) is 0 Å². The Kier molecular flexibility index (Phi) is 6.45. The number of rotatable bonds is 7. The normalized spacial score (nSPS) is 12.5. The molecule has 0 amide bonds. The zero-order valence-corrected chi connectivity index (χ0v) is 10.9. The molecule has 0 atom stereocenters. The van der Waals surface area contributed by atoms with Crippen molar-refractivity contribution in [2.75, 3.05) is 14.2 Å². The molecule has 3 nitrogen and oxygen atoms in total. The molecule has 4 heteroatoms. The monoisotopic (exact) mass is 218 g/mol. The van der Waals surface area contributed by atoms with Gasteiger partial charge in [0.1, 0.15) is 0 Å². The van der Waals surface area contributed by atoms with Crippen LogP contribution < -0.4 is 0 Å². The van der Waals surface area contributed by atoms with E-state index in [4.69, 9.17) is 13.9 Å². The first kappa shape index (κ1) is 13.4. The van der Waals surface area contributed by atoms with Gasteiger partial charge in [0, 0.05) is 0 Å². The van der Waals surface area contributed by atoms with Crippen LogP contribution >= 0.6 is 0 Å². The van der Waals surface area contributed by atoms with Gasteiger partial charge in [-0.25, -0.2) is 0 Å². The summed E-state index contributed by atoms with van der Waals surface area (Å²) in [7, 11) is 1.58. The van der Waals surface area contributed by atoms with Crippen molar-refractivity contribution in [3.63, 3.8) is 0 Å². The molecule has 0 N–H and O–H groups in total. The van der Waals surface area contributed by atoms with E-state index in [1.54, 1.807) is 14.2 Å². The van der Waals surface area contributed by atoms with Crippen molar-refractivity contribution in [3.05, 3.63) is 12.2 Å². The Balaban J connectivity index is 4.48. The highest BCUT2D eigenvalue weighted by atomic mass is 28.4. The van der Waals surface area contributed by atoms with E-state index >= 15 is 0 Å². The summed E-state index contributed by atoms with van der Waals surface area (Å²) >= 11 is 0. The van der Waals surface area contributed by atoms with E-state index < -0.39 is 8.32 Å². The average Bonchev–Trinajstić information content (AvgIpc) is 2.25. The third-order valence-electron chi connectivity index (χ3n) is 2.67. The predicted molar refractivity (Wildman–Crippen MR) is 60.4 cm³/mol. The fourth-order valence-corrected chi connectivity index (χ4v) is 3.88. The SMILES string of the molecule is CC[Si](CC)(CC)OC(=COC)OC. The highest BCUT2D eigenvalue weighted by Gasteiger charge is 2.31. The van der Waals surface area contributed by atoms with Gasteiger partial charge in [-0.15, -0.1) is 0 Å². The van der Waals surface area contributed by atoms with E-state index in [1.165, 1.54) is 6.26 Å². The quantitative estimate of drug-likeness (QED) is 0.485. The Morgan fingerprint density at radius 1 is 1.07 bits per heavy atom. The van der Waals surface area contributed by atoms with E-state index in [1.807, 2.05) is 0 Å². The molecule has 0 unspecified atom stereocenters. The molecule has 0 spiro atoms. The summed E-state index contributed by atoms with van der Waals surface area (Å²) in [6.45, 7) is 6.54. The Labute approximate surface area is 88.2 Å². The molecule has 0 aromatic rings.